The molecule has 110 valence electrons. The van der Waals surface area contributed by atoms with Crippen LogP contribution in [0.25, 0.3) is 0 Å². The summed E-state index contributed by atoms with van der Waals surface area (Å²) in [6, 6.07) is 0. The molecule has 0 saturated carbocycles. The maximum absolute atomic E-state index is 11.6. The zero-order valence-corrected chi connectivity index (χ0v) is 12.2. The summed E-state index contributed by atoms with van der Waals surface area (Å²) in [5, 5.41) is 0. The smallest absolute Gasteiger partial charge is 0.410 e. The lowest BCUT2D eigenvalue weighted by Gasteiger charge is -2.25. The molecule has 0 aliphatic carbocycles. The van der Waals surface area contributed by atoms with Crippen LogP contribution in [-0.2, 0) is 18.3 Å². The number of carbonyl (C=O) groups is 1. The Morgan fingerprint density at radius 2 is 2.20 bits per heavy atom. The molecule has 0 radical (unpaired) electrons. The third-order valence-electron chi connectivity index (χ3n) is 4.42. The zero-order chi connectivity index (χ0) is 14.2. The second-order valence-corrected chi connectivity index (χ2v) is 5.99. The van der Waals surface area contributed by atoms with Gasteiger partial charge >= 0.3 is 6.09 Å². The van der Waals surface area contributed by atoms with Gasteiger partial charge in [-0.1, -0.05) is 0 Å². The summed E-state index contributed by atoms with van der Waals surface area (Å²) >= 11 is 0. The number of likely N-dealkylation sites (N-methyl/N-ethyl adjacent to an activating group) is 1. The number of amides is 1. The molecule has 6 heteroatoms. The summed E-state index contributed by atoms with van der Waals surface area (Å²) < 4.78 is 7.69. The van der Waals surface area contributed by atoms with Gasteiger partial charge in [0.1, 0.15) is 11.4 Å². The summed E-state index contributed by atoms with van der Waals surface area (Å²) in [6.45, 7) is 3.58. The molecule has 0 aromatic carbocycles. The van der Waals surface area contributed by atoms with E-state index in [1.54, 1.807) is 4.90 Å². The topological polar surface area (TPSA) is 50.6 Å². The van der Waals surface area contributed by atoms with Gasteiger partial charge in [-0.2, -0.15) is 0 Å². The van der Waals surface area contributed by atoms with Gasteiger partial charge in [0.2, 0.25) is 0 Å². The number of likely N-dealkylation sites (tertiary alicyclic amines) is 1. The average Bonchev–Trinajstić information content (AvgIpc) is 2.84. The maximum atomic E-state index is 11.6. The highest BCUT2D eigenvalue weighted by Crippen LogP contribution is 2.32. The minimum atomic E-state index is -0.262. The van der Waals surface area contributed by atoms with Gasteiger partial charge in [-0.15, -0.1) is 0 Å². The van der Waals surface area contributed by atoms with E-state index in [2.05, 4.69) is 14.5 Å². The number of ether oxygens (including phenoxy) is 1. The van der Waals surface area contributed by atoms with E-state index in [0.717, 1.165) is 51.3 Å². The van der Waals surface area contributed by atoms with Crippen LogP contribution in [0.15, 0.2) is 12.4 Å². The summed E-state index contributed by atoms with van der Waals surface area (Å²) in [7, 11) is 3.84. The molecule has 3 heterocycles. The maximum Gasteiger partial charge on any atom is 0.410 e. The van der Waals surface area contributed by atoms with Crippen LogP contribution >= 0.6 is 0 Å². The standard InChI is InChI=1S/C14H22N4O2/c1-16-9-6-15-12(16)10-18-7-3-4-14(5-8-18)11-17(2)13(19)20-14/h6,9H,3-5,7-8,10-11H2,1-2H3/t14-/m1/s1. The van der Waals surface area contributed by atoms with E-state index < -0.39 is 0 Å². The number of hydrogen-bond donors (Lipinski definition) is 0. The van der Waals surface area contributed by atoms with Crippen molar-refractivity contribution >= 4 is 6.09 Å². The fourth-order valence-corrected chi connectivity index (χ4v) is 3.18. The highest BCUT2D eigenvalue weighted by molar-refractivity contribution is 5.70. The lowest BCUT2D eigenvalue weighted by Crippen LogP contribution is -2.35. The van der Waals surface area contributed by atoms with Crippen LogP contribution in [0, 0.1) is 0 Å². The van der Waals surface area contributed by atoms with Gasteiger partial charge in [-0.05, 0) is 19.4 Å². The first-order valence-electron chi connectivity index (χ1n) is 7.21. The molecule has 0 N–H and O–H groups in total. The van der Waals surface area contributed by atoms with E-state index in [-0.39, 0.29) is 11.7 Å². The van der Waals surface area contributed by atoms with E-state index in [4.69, 9.17) is 4.74 Å². The van der Waals surface area contributed by atoms with Gasteiger partial charge in [0.25, 0.3) is 0 Å². The van der Waals surface area contributed by atoms with E-state index in [9.17, 15) is 4.79 Å². The van der Waals surface area contributed by atoms with Crippen molar-refractivity contribution in [1.82, 2.24) is 19.4 Å². The fraction of sp³-hybridized carbons (Fsp3) is 0.714. The molecule has 2 fully saturated rings. The first-order chi connectivity index (χ1) is 9.58. The monoisotopic (exact) mass is 278 g/mol. The second-order valence-electron chi connectivity index (χ2n) is 5.99. The molecule has 2 saturated heterocycles. The number of aryl methyl sites for hydroxylation is 1. The Morgan fingerprint density at radius 1 is 1.35 bits per heavy atom. The molecule has 1 amide bonds. The van der Waals surface area contributed by atoms with Crippen LogP contribution < -0.4 is 0 Å². The van der Waals surface area contributed by atoms with E-state index in [1.165, 1.54) is 0 Å². The normalized spacial score (nSPS) is 27.9. The summed E-state index contributed by atoms with van der Waals surface area (Å²) in [6.07, 6.45) is 6.56. The van der Waals surface area contributed by atoms with E-state index in [0.29, 0.717) is 0 Å². The van der Waals surface area contributed by atoms with Crippen molar-refractivity contribution in [3.8, 4) is 0 Å². The number of carbonyl (C=O) groups excluding carboxylic acids is 1. The second kappa shape index (κ2) is 5.09. The molecule has 0 bridgehead atoms. The Kier molecular flexibility index (Phi) is 3.41. The highest BCUT2D eigenvalue weighted by atomic mass is 16.6. The first-order valence-corrected chi connectivity index (χ1v) is 7.21. The minimum absolute atomic E-state index is 0.178. The number of imidazole rings is 1. The van der Waals surface area contributed by atoms with Crippen LogP contribution in [0.5, 0.6) is 0 Å². The average molecular weight is 278 g/mol. The van der Waals surface area contributed by atoms with Crippen molar-refractivity contribution < 1.29 is 9.53 Å². The molecule has 6 nitrogen and oxygen atoms in total. The quantitative estimate of drug-likeness (QED) is 0.816. The molecule has 1 atom stereocenters. The number of hydrogen-bond acceptors (Lipinski definition) is 4. The molecule has 2 aliphatic heterocycles. The predicted octanol–water partition coefficient (Wildman–Crippen LogP) is 1.23. The molecular weight excluding hydrogens is 256 g/mol. The Morgan fingerprint density at radius 3 is 2.85 bits per heavy atom. The van der Waals surface area contributed by atoms with Crippen LogP contribution in [0.4, 0.5) is 4.79 Å². The van der Waals surface area contributed by atoms with E-state index >= 15 is 0 Å². The van der Waals surface area contributed by atoms with Gasteiger partial charge in [-0.3, -0.25) is 4.90 Å². The minimum Gasteiger partial charge on any atom is -0.441 e. The Balaban J connectivity index is 1.63. The third kappa shape index (κ3) is 2.52. The zero-order valence-electron chi connectivity index (χ0n) is 12.2. The van der Waals surface area contributed by atoms with Gasteiger partial charge in [0.05, 0.1) is 13.1 Å². The number of nitrogens with zero attached hydrogens (tertiary/aromatic N) is 4. The molecule has 20 heavy (non-hydrogen) atoms. The van der Waals surface area contributed by atoms with Crippen molar-refractivity contribution in [2.24, 2.45) is 7.05 Å². The molecule has 2 aliphatic rings. The van der Waals surface area contributed by atoms with Crippen molar-refractivity contribution in [3.05, 3.63) is 18.2 Å². The predicted molar refractivity (Wildman–Crippen MR) is 74.2 cm³/mol. The summed E-state index contributed by atoms with van der Waals surface area (Å²) in [5.41, 5.74) is -0.262. The number of rotatable bonds is 2. The molecule has 1 aromatic rings. The molecule has 3 rings (SSSR count). The van der Waals surface area contributed by atoms with Gasteiger partial charge in [0.15, 0.2) is 0 Å². The van der Waals surface area contributed by atoms with Crippen molar-refractivity contribution in [2.45, 2.75) is 31.4 Å². The van der Waals surface area contributed by atoms with Crippen molar-refractivity contribution in [2.75, 3.05) is 26.7 Å². The van der Waals surface area contributed by atoms with Gasteiger partial charge in [0, 0.05) is 39.5 Å². The van der Waals surface area contributed by atoms with E-state index in [1.807, 2.05) is 26.5 Å². The van der Waals surface area contributed by atoms with Crippen molar-refractivity contribution in [1.29, 1.82) is 0 Å². The van der Waals surface area contributed by atoms with Crippen LogP contribution in [-0.4, -0.2) is 57.7 Å². The Hall–Kier alpha value is -1.56. The fourth-order valence-electron chi connectivity index (χ4n) is 3.18. The Bertz CT molecular complexity index is 501. The Labute approximate surface area is 119 Å². The lowest BCUT2D eigenvalue weighted by atomic mass is 9.95. The van der Waals surface area contributed by atoms with Crippen LogP contribution in [0.3, 0.4) is 0 Å². The van der Waals surface area contributed by atoms with Gasteiger partial charge in [-0.25, -0.2) is 9.78 Å². The summed E-state index contributed by atoms with van der Waals surface area (Å²) in [5.74, 6) is 1.08. The SMILES string of the molecule is CN1C[C@]2(CCCN(Cc3nccn3C)CC2)OC1=O. The molecular formula is C14H22N4O2. The third-order valence-corrected chi connectivity index (χ3v) is 4.42. The molecule has 1 spiro atoms. The largest absolute Gasteiger partial charge is 0.441 e. The van der Waals surface area contributed by atoms with Crippen LogP contribution in [0.1, 0.15) is 25.1 Å². The van der Waals surface area contributed by atoms with Crippen molar-refractivity contribution in [3.63, 3.8) is 0 Å². The van der Waals surface area contributed by atoms with Crippen LogP contribution in [0.2, 0.25) is 0 Å². The first kappa shape index (κ1) is 13.4. The number of aromatic nitrogens is 2. The lowest BCUT2D eigenvalue weighted by molar-refractivity contribution is 0.0442. The van der Waals surface area contributed by atoms with Gasteiger partial charge < -0.3 is 14.2 Å². The summed E-state index contributed by atoms with van der Waals surface area (Å²) in [4.78, 5) is 20.1. The molecule has 1 aromatic heterocycles. The molecule has 0 unspecified atom stereocenters. The highest BCUT2D eigenvalue weighted by Gasteiger charge is 2.44.